The van der Waals surface area contributed by atoms with Crippen LogP contribution in [0, 0.1) is 6.92 Å². The van der Waals surface area contributed by atoms with Gasteiger partial charge in [0.05, 0.1) is 25.3 Å². The molecule has 1 aliphatic heterocycles. The largest absolute Gasteiger partial charge is 0.496 e. The third-order valence-electron chi connectivity index (χ3n) is 6.80. The number of aryl methyl sites for hydroxylation is 1. The van der Waals surface area contributed by atoms with Crippen LogP contribution in [0.3, 0.4) is 0 Å². The van der Waals surface area contributed by atoms with Crippen LogP contribution in [-0.2, 0) is 27.4 Å². The molecule has 0 aliphatic carbocycles. The van der Waals surface area contributed by atoms with Crippen molar-refractivity contribution in [2.24, 2.45) is 0 Å². The number of amides is 2. The maximum absolute atomic E-state index is 14.1. The van der Waals surface area contributed by atoms with E-state index in [-0.39, 0.29) is 31.0 Å². The van der Waals surface area contributed by atoms with Crippen LogP contribution in [0.1, 0.15) is 34.9 Å². The predicted molar refractivity (Wildman–Crippen MR) is 145 cm³/mol. The van der Waals surface area contributed by atoms with Crippen molar-refractivity contribution >= 4 is 34.2 Å². The molecule has 2 amide bonds. The Morgan fingerprint density at radius 3 is 2.79 bits per heavy atom. The van der Waals surface area contributed by atoms with Crippen molar-refractivity contribution < 1.29 is 19.1 Å². The Balaban J connectivity index is 1.51. The SMILES string of the molecule is COc1ccccc1CN(C(=O)Cn1nnc2ccccc21)C(C(=O)NCC1CCCO1)c1sccc1C. The van der Waals surface area contributed by atoms with Gasteiger partial charge in [-0.3, -0.25) is 9.59 Å². The number of benzene rings is 2. The summed E-state index contributed by atoms with van der Waals surface area (Å²) in [5, 5.41) is 13.4. The van der Waals surface area contributed by atoms with E-state index >= 15 is 0 Å². The average molecular weight is 534 g/mol. The van der Waals surface area contributed by atoms with Crippen LogP contribution >= 0.6 is 11.3 Å². The number of rotatable bonds is 10. The number of hydrogen-bond donors (Lipinski definition) is 1. The fraction of sp³-hybridized carbons (Fsp3) is 0.357. The topological polar surface area (TPSA) is 98.6 Å². The molecule has 0 radical (unpaired) electrons. The molecule has 5 rings (SSSR count). The van der Waals surface area contributed by atoms with E-state index in [1.165, 1.54) is 11.3 Å². The van der Waals surface area contributed by atoms with Crippen molar-refractivity contribution in [1.82, 2.24) is 25.2 Å². The summed E-state index contributed by atoms with van der Waals surface area (Å²) >= 11 is 1.47. The lowest BCUT2D eigenvalue weighted by molar-refractivity contribution is -0.142. The van der Waals surface area contributed by atoms with Gasteiger partial charge in [-0.1, -0.05) is 35.5 Å². The maximum atomic E-state index is 14.1. The minimum absolute atomic E-state index is 0.0103. The van der Waals surface area contributed by atoms with Crippen LogP contribution in [0.15, 0.2) is 60.0 Å². The third-order valence-corrected chi connectivity index (χ3v) is 7.87. The van der Waals surface area contributed by atoms with Gasteiger partial charge in [0.25, 0.3) is 0 Å². The molecular formula is C28H31N5O4S. The van der Waals surface area contributed by atoms with Gasteiger partial charge in [-0.25, -0.2) is 4.68 Å². The summed E-state index contributed by atoms with van der Waals surface area (Å²) in [6.45, 7) is 3.20. The first-order valence-electron chi connectivity index (χ1n) is 12.7. The molecule has 1 aliphatic rings. The number of para-hydroxylation sites is 2. The molecular weight excluding hydrogens is 502 g/mol. The third kappa shape index (κ3) is 5.56. The van der Waals surface area contributed by atoms with Gasteiger partial charge in [-0.2, -0.15) is 0 Å². The first-order chi connectivity index (χ1) is 18.5. The number of thiophene rings is 1. The molecule has 4 aromatic rings. The molecule has 3 heterocycles. The maximum Gasteiger partial charge on any atom is 0.248 e. The number of nitrogens with zero attached hydrogens (tertiary/aromatic N) is 4. The van der Waals surface area contributed by atoms with E-state index < -0.39 is 6.04 Å². The predicted octanol–water partition coefficient (Wildman–Crippen LogP) is 3.88. The highest BCUT2D eigenvalue weighted by Gasteiger charge is 2.35. The fourth-order valence-electron chi connectivity index (χ4n) is 4.78. The lowest BCUT2D eigenvalue weighted by Crippen LogP contribution is -2.46. The number of aromatic nitrogens is 3. The van der Waals surface area contributed by atoms with E-state index in [0.29, 0.717) is 24.4 Å². The molecule has 0 bridgehead atoms. The highest BCUT2D eigenvalue weighted by atomic mass is 32.1. The molecule has 2 aromatic carbocycles. The summed E-state index contributed by atoms with van der Waals surface area (Å²) in [6, 6.07) is 16.2. The number of carbonyl (C=O) groups excluding carboxylic acids is 2. The molecule has 1 saturated heterocycles. The quantitative estimate of drug-likeness (QED) is 0.332. The zero-order valence-corrected chi connectivity index (χ0v) is 22.3. The van der Waals surface area contributed by atoms with Crippen LogP contribution in [-0.4, -0.2) is 58.1 Å². The highest BCUT2D eigenvalue weighted by Crippen LogP contribution is 2.32. The van der Waals surface area contributed by atoms with Crippen LogP contribution in [0.5, 0.6) is 5.75 Å². The zero-order chi connectivity index (χ0) is 26.5. The lowest BCUT2D eigenvalue weighted by atomic mass is 10.1. The van der Waals surface area contributed by atoms with Crippen LogP contribution < -0.4 is 10.1 Å². The number of hydrogen-bond acceptors (Lipinski definition) is 7. The zero-order valence-electron chi connectivity index (χ0n) is 21.5. The van der Waals surface area contributed by atoms with Crippen LogP contribution in [0.25, 0.3) is 11.0 Å². The first kappa shape index (κ1) is 25.9. The Bertz CT molecular complexity index is 1410. The van der Waals surface area contributed by atoms with Gasteiger partial charge < -0.3 is 19.7 Å². The van der Waals surface area contributed by atoms with E-state index in [0.717, 1.165) is 34.4 Å². The summed E-state index contributed by atoms with van der Waals surface area (Å²) < 4.78 is 12.9. The monoisotopic (exact) mass is 533 g/mol. The summed E-state index contributed by atoms with van der Waals surface area (Å²) in [4.78, 5) is 30.3. The number of carbonyl (C=O) groups is 2. The van der Waals surface area contributed by atoms with E-state index in [4.69, 9.17) is 9.47 Å². The number of ether oxygens (including phenoxy) is 2. The second-order valence-corrected chi connectivity index (χ2v) is 10.3. The minimum Gasteiger partial charge on any atom is -0.496 e. The standard InChI is InChI=1S/C28H31N5O4S/c1-19-13-15-38-27(19)26(28(35)29-16-21-9-7-14-37-21)32(17-20-8-3-6-12-24(20)36-2)25(34)18-33-23-11-5-4-10-22(23)30-31-33/h3-6,8,10-13,15,21,26H,7,9,14,16-18H2,1-2H3,(H,29,35). The Morgan fingerprint density at radius 2 is 2.03 bits per heavy atom. The van der Waals surface area contributed by atoms with Crippen molar-refractivity contribution in [2.75, 3.05) is 20.3 Å². The van der Waals surface area contributed by atoms with Gasteiger partial charge in [0.2, 0.25) is 11.8 Å². The molecule has 9 nitrogen and oxygen atoms in total. The van der Waals surface area contributed by atoms with Crippen LogP contribution in [0.4, 0.5) is 0 Å². The Labute approximate surface area is 225 Å². The van der Waals surface area contributed by atoms with Gasteiger partial charge in [0.1, 0.15) is 23.9 Å². The second-order valence-electron chi connectivity index (χ2n) is 9.32. The van der Waals surface area contributed by atoms with Gasteiger partial charge in [-0.15, -0.1) is 16.4 Å². The molecule has 38 heavy (non-hydrogen) atoms. The molecule has 10 heteroatoms. The molecule has 1 fully saturated rings. The molecule has 0 saturated carbocycles. The normalized spacial score (nSPS) is 15.9. The Kier molecular flexibility index (Phi) is 8.00. The Morgan fingerprint density at radius 1 is 1.21 bits per heavy atom. The number of methoxy groups -OCH3 is 1. The molecule has 1 N–H and O–H groups in total. The summed E-state index contributed by atoms with van der Waals surface area (Å²) in [5.41, 5.74) is 3.22. The molecule has 0 spiro atoms. The van der Waals surface area contributed by atoms with Crippen molar-refractivity contribution in [3.8, 4) is 5.75 Å². The van der Waals surface area contributed by atoms with Crippen LogP contribution in [0.2, 0.25) is 0 Å². The molecule has 2 aromatic heterocycles. The molecule has 2 atom stereocenters. The van der Waals surface area contributed by atoms with Gasteiger partial charge in [0.15, 0.2) is 0 Å². The first-order valence-corrected chi connectivity index (χ1v) is 13.6. The van der Waals surface area contributed by atoms with Crippen molar-refractivity contribution in [3.05, 3.63) is 76.0 Å². The van der Waals surface area contributed by atoms with Crippen molar-refractivity contribution in [2.45, 2.75) is 45.0 Å². The van der Waals surface area contributed by atoms with E-state index in [9.17, 15) is 9.59 Å². The van der Waals surface area contributed by atoms with Crippen molar-refractivity contribution in [3.63, 3.8) is 0 Å². The number of fused-ring (bicyclic) bond motifs is 1. The fourth-order valence-corrected chi connectivity index (χ4v) is 5.81. The summed E-state index contributed by atoms with van der Waals surface area (Å²) in [7, 11) is 1.60. The minimum atomic E-state index is -0.830. The van der Waals surface area contributed by atoms with Gasteiger partial charge in [-0.05, 0) is 55.0 Å². The van der Waals surface area contributed by atoms with Gasteiger partial charge >= 0.3 is 0 Å². The Hall–Kier alpha value is -3.76. The summed E-state index contributed by atoms with van der Waals surface area (Å²) in [5.74, 6) is 0.160. The smallest absolute Gasteiger partial charge is 0.248 e. The second kappa shape index (κ2) is 11.7. The van der Waals surface area contributed by atoms with E-state index in [1.807, 2.05) is 66.9 Å². The summed E-state index contributed by atoms with van der Waals surface area (Å²) in [6.07, 6.45) is 1.88. The van der Waals surface area contributed by atoms with Crippen molar-refractivity contribution in [1.29, 1.82) is 0 Å². The van der Waals surface area contributed by atoms with E-state index in [1.54, 1.807) is 16.7 Å². The number of nitrogens with one attached hydrogen (secondary N) is 1. The lowest BCUT2D eigenvalue weighted by Gasteiger charge is -2.32. The molecule has 198 valence electrons. The van der Waals surface area contributed by atoms with E-state index in [2.05, 4.69) is 15.6 Å². The molecule has 2 unspecified atom stereocenters. The highest BCUT2D eigenvalue weighted by molar-refractivity contribution is 7.10. The average Bonchev–Trinajstić information content (AvgIpc) is 3.70. The van der Waals surface area contributed by atoms with Gasteiger partial charge in [0, 0.05) is 23.6 Å².